The Balaban J connectivity index is 1.97. The summed E-state index contributed by atoms with van der Waals surface area (Å²) in [7, 11) is 1.65. The first-order chi connectivity index (χ1) is 11.9. The maximum Gasteiger partial charge on any atom is 0.410 e. The van der Waals surface area contributed by atoms with Gasteiger partial charge in [0.25, 0.3) is 0 Å². The lowest BCUT2D eigenvalue weighted by Crippen LogP contribution is -2.32. The second-order valence-corrected chi connectivity index (χ2v) is 8.44. The number of hydrogen-bond donors (Lipinski definition) is 0. The zero-order chi connectivity index (χ0) is 18.1. The molecule has 0 atom stereocenters. The number of carbonyl (C=O) groups excluding carboxylic acids is 1. The van der Waals surface area contributed by atoms with Gasteiger partial charge < -0.3 is 9.64 Å². The zero-order valence-electron chi connectivity index (χ0n) is 13.7. The van der Waals surface area contributed by atoms with Gasteiger partial charge in [0.05, 0.1) is 5.75 Å². The molecule has 5 nitrogen and oxygen atoms in total. The SMILES string of the molecule is O=C(OCc1ccccc1)N(CCCS(=O)(=O)Cl)Cc1ccccc1. The van der Waals surface area contributed by atoms with Crippen LogP contribution in [0.25, 0.3) is 0 Å². The molecule has 0 N–H and O–H groups in total. The van der Waals surface area contributed by atoms with Gasteiger partial charge >= 0.3 is 6.09 Å². The number of benzene rings is 2. The van der Waals surface area contributed by atoms with Crippen molar-refractivity contribution in [3.8, 4) is 0 Å². The van der Waals surface area contributed by atoms with Crippen molar-refractivity contribution in [2.75, 3.05) is 12.3 Å². The van der Waals surface area contributed by atoms with E-state index in [9.17, 15) is 13.2 Å². The Morgan fingerprint density at radius 2 is 1.52 bits per heavy atom. The van der Waals surface area contributed by atoms with Gasteiger partial charge in [-0.1, -0.05) is 60.7 Å². The highest BCUT2D eigenvalue weighted by atomic mass is 35.7. The lowest BCUT2D eigenvalue weighted by molar-refractivity contribution is 0.0937. The van der Waals surface area contributed by atoms with Crippen LogP contribution in [0, 0.1) is 0 Å². The fourth-order valence-electron chi connectivity index (χ4n) is 2.28. The highest BCUT2D eigenvalue weighted by Crippen LogP contribution is 2.10. The third kappa shape index (κ3) is 7.58. The van der Waals surface area contributed by atoms with Crippen molar-refractivity contribution >= 4 is 25.8 Å². The molecule has 2 rings (SSSR count). The molecule has 0 spiro atoms. The first-order valence-corrected chi connectivity index (χ1v) is 10.3. The third-order valence-corrected chi connectivity index (χ3v) is 4.74. The van der Waals surface area contributed by atoms with Crippen LogP contribution in [0.3, 0.4) is 0 Å². The van der Waals surface area contributed by atoms with Gasteiger partial charge in [-0.3, -0.25) is 0 Å². The minimum Gasteiger partial charge on any atom is -0.445 e. The van der Waals surface area contributed by atoms with E-state index in [-0.39, 0.29) is 25.3 Å². The quantitative estimate of drug-likeness (QED) is 0.653. The molecule has 0 aliphatic carbocycles. The maximum atomic E-state index is 12.4. The first-order valence-electron chi connectivity index (χ1n) is 7.86. The van der Waals surface area contributed by atoms with E-state index < -0.39 is 15.1 Å². The van der Waals surface area contributed by atoms with Gasteiger partial charge in [-0.2, -0.15) is 0 Å². The van der Waals surface area contributed by atoms with Crippen LogP contribution in [-0.2, 0) is 26.9 Å². The van der Waals surface area contributed by atoms with Crippen molar-refractivity contribution in [3.63, 3.8) is 0 Å². The number of halogens is 1. The number of carbonyl (C=O) groups is 1. The summed E-state index contributed by atoms with van der Waals surface area (Å²) >= 11 is 0. The summed E-state index contributed by atoms with van der Waals surface area (Å²) in [4.78, 5) is 13.9. The second kappa shape index (κ2) is 9.44. The molecule has 2 aromatic carbocycles. The largest absolute Gasteiger partial charge is 0.445 e. The summed E-state index contributed by atoms with van der Waals surface area (Å²) in [5.74, 6) is -0.189. The van der Waals surface area contributed by atoms with Crippen molar-refractivity contribution < 1.29 is 17.9 Å². The van der Waals surface area contributed by atoms with E-state index in [2.05, 4.69) is 0 Å². The number of amides is 1. The topological polar surface area (TPSA) is 63.7 Å². The number of rotatable bonds is 8. The molecule has 0 heterocycles. The summed E-state index contributed by atoms with van der Waals surface area (Å²) in [5, 5.41) is 0. The smallest absolute Gasteiger partial charge is 0.410 e. The Labute approximate surface area is 152 Å². The minimum absolute atomic E-state index is 0.165. The Hall–Kier alpha value is -2.05. The van der Waals surface area contributed by atoms with Crippen molar-refractivity contribution in [2.24, 2.45) is 0 Å². The predicted octanol–water partition coefficient (Wildman–Crippen LogP) is 3.78. The van der Waals surface area contributed by atoms with E-state index in [1.165, 1.54) is 4.90 Å². The van der Waals surface area contributed by atoms with Gasteiger partial charge in [0.2, 0.25) is 9.05 Å². The van der Waals surface area contributed by atoms with Crippen LogP contribution < -0.4 is 0 Å². The van der Waals surface area contributed by atoms with Crippen molar-refractivity contribution in [1.82, 2.24) is 4.90 Å². The zero-order valence-corrected chi connectivity index (χ0v) is 15.2. The molecular formula is C18H20ClNO4S. The highest BCUT2D eigenvalue weighted by Gasteiger charge is 2.17. The number of nitrogens with zero attached hydrogens (tertiary/aromatic N) is 1. The Morgan fingerprint density at radius 1 is 0.960 bits per heavy atom. The first kappa shape index (κ1) is 19.3. The molecule has 0 aliphatic rings. The molecule has 0 aromatic heterocycles. The second-order valence-electron chi connectivity index (χ2n) is 5.54. The van der Waals surface area contributed by atoms with Gasteiger partial charge in [-0.15, -0.1) is 0 Å². The Bertz CT molecular complexity index is 766. The van der Waals surface area contributed by atoms with Crippen molar-refractivity contribution in [2.45, 2.75) is 19.6 Å². The molecule has 0 radical (unpaired) electrons. The van der Waals surface area contributed by atoms with Crippen molar-refractivity contribution in [3.05, 3.63) is 71.8 Å². The van der Waals surface area contributed by atoms with E-state index in [1.54, 1.807) is 0 Å². The molecule has 0 fully saturated rings. The Morgan fingerprint density at radius 3 is 2.08 bits per heavy atom. The van der Waals surface area contributed by atoms with Gasteiger partial charge in [0.15, 0.2) is 0 Å². The molecule has 0 saturated heterocycles. The fourth-order valence-corrected chi connectivity index (χ4v) is 3.08. The molecule has 2 aromatic rings. The summed E-state index contributed by atoms with van der Waals surface area (Å²) in [6.07, 6.45) is -0.237. The van der Waals surface area contributed by atoms with E-state index >= 15 is 0 Å². The summed E-state index contributed by atoms with van der Waals surface area (Å²) in [6, 6.07) is 18.8. The summed E-state index contributed by atoms with van der Waals surface area (Å²) in [5.41, 5.74) is 1.83. The van der Waals surface area contributed by atoms with Crippen LogP contribution in [0.1, 0.15) is 17.5 Å². The summed E-state index contributed by atoms with van der Waals surface area (Å²) < 4.78 is 27.5. The number of ether oxygens (including phenoxy) is 1. The molecular weight excluding hydrogens is 362 g/mol. The fraction of sp³-hybridized carbons (Fsp3) is 0.278. The highest BCUT2D eigenvalue weighted by molar-refractivity contribution is 8.13. The van der Waals surface area contributed by atoms with E-state index in [0.717, 1.165) is 11.1 Å². The van der Waals surface area contributed by atoms with Crippen LogP contribution in [0.4, 0.5) is 4.79 Å². The van der Waals surface area contributed by atoms with Gasteiger partial charge in [0, 0.05) is 23.8 Å². The number of hydrogen-bond acceptors (Lipinski definition) is 4. The molecule has 0 unspecified atom stereocenters. The molecule has 0 saturated carbocycles. The molecule has 0 aliphatic heterocycles. The third-order valence-electron chi connectivity index (χ3n) is 3.50. The van der Waals surface area contributed by atoms with Gasteiger partial charge in [-0.05, 0) is 17.5 Å². The van der Waals surface area contributed by atoms with E-state index in [4.69, 9.17) is 15.4 Å². The molecule has 134 valence electrons. The standard InChI is InChI=1S/C18H20ClNO4S/c19-25(22,23)13-7-12-20(14-16-8-3-1-4-9-16)18(21)24-15-17-10-5-2-6-11-17/h1-6,8-11H,7,12-15H2. The average Bonchev–Trinajstić information content (AvgIpc) is 2.59. The van der Waals surface area contributed by atoms with E-state index in [0.29, 0.717) is 6.54 Å². The Kier molecular flexibility index (Phi) is 7.28. The minimum atomic E-state index is -3.58. The molecule has 1 amide bonds. The van der Waals surface area contributed by atoms with E-state index in [1.807, 2.05) is 60.7 Å². The lowest BCUT2D eigenvalue weighted by atomic mass is 10.2. The van der Waals surface area contributed by atoms with Crippen LogP contribution in [0.5, 0.6) is 0 Å². The van der Waals surface area contributed by atoms with Crippen LogP contribution >= 0.6 is 10.7 Å². The van der Waals surface area contributed by atoms with Crippen LogP contribution in [0.15, 0.2) is 60.7 Å². The molecule has 0 bridgehead atoms. The summed E-state index contributed by atoms with van der Waals surface area (Å²) in [6.45, 7) is 0.754. The van der Waals surface area contributed by atoms with Gasteiger partial charge in [0.1, 0.15) is 6.61 Å². The maximum absolute atomic E-state index is 12.4. The lowest BCUT2D eigenvalue weighted by Gasteiger charge is -2.22. The normalized spacial score (nSPS) is 11.1. The predicted molar refractivity (Wildman–Crippen MR) is 97.7 cm³/mol. The molecule has 25 heavy (non-hydrogen) atoms. The average molecular weight is 382 g/mol. The van der Waals surface area contributed by atoms with Crippen molar-refractivity contribution in [1.29, 1.82) is 0 Å². The van der Waals surface area contributed by atoms with Crippen LogP contribution in [-0.4, -0.2) is 31.7 Å². The molecule has 7 heteroatoms. The monoisotopic (exact) mass is 381 g/mol. The van der Waals surface area contributed by atoms with Gasteiger partial charge in [-0.25, -0.2) is 13.2 Å². The van der Waals surface area contributed by atoms with Crippen LogP contribution in [0.2, 0.25) is 0 Å².